The number of nitrogens with one attached hydrogen (secondary N) is 1. The average Bonchev–Trinajstić information content (AvgIpc) is 3.49. The van der Waals surface area contributed by atoms with E-state index in [0.29, 0.717) is 29.1 Å². The summed E-state index contributed by atoms with van der Waals surface area (Å²) in [7, 11) is 0. The average molecular weight is 433 g/mol. The number of thioether (sulfide) groups is 1. The first kappa shape index (κ1) is 20.0. The number of amides is 1. The summed E-state index contributed by atoms with van der Waals surface area (Å²) in [6.07, 6.45) is 3.81. The minimum Gasteiger partial charge on any atom is -0.467 e. The van der Waals surface area contributed by atoms with Crippen molar-refractivity contribution in [2.45, 2.75) is 30.6 Å². The molecular formula is C20H21ClN4O3S. The molecule has 4 rings (SSSR count). The van der Waals surface area contributed by atoms with Crippen LogP contribution in [0.2, 0.25) is 5.02 Å². The molecule has 2 aromatic heterocycles. The van der Waals surface area contributed by atoms with E-state index in [0.717, 1.165) is 30.8 Å². The summed E-state index contributed by atoms with van der Waals surface area (Å²) < 4.78 is 13.0. The van der Waals surface area contributed by atoms with Gasteiger partial charge in [0.2, 0.25) is 5.91 Å². The van der Waals surface area contributed by atoms with Crippen molar-refractivity contribution in [3.05, 3.63) is 53.4 Å². The first-order valence-electron chi connectivity index (χ1n) is 9.41. The Bertz CT molecular complexity index is 937. The second-order valence-corrected chi connectivity index (χ2v) is 8.09. The van der Waals surface area contributed by atoms with Crippen molar-refractivity contribution in [1.29, 1.82) is 0 Å². The predicted molar refractivity (Wildman–Crippen MR) is 111 cm³/mol. The molecule has 7 nitrogen and oxygen atoms in total. The molecule has 1 fully saturated rings. The number of ether oxygens (including phenoxy) is 1. The summed E-state index contributed by atoms with van der Waals surface area (Å²) in [5, 5.41) is 12.9. The Morgan fingerprint density at radius 2 is 2.14 bits per heavy atom. The number of nitrogens with zero attached hydrogens (tertiary/aromatic N) is 3. The van der Waals surface area contributed by atoms with Crippen LogP contribution in [0.25, 0.3) is 11.4 Å². The second-order valence-electron chi connectivity index (χ2n) is 6.71. The Kier molecular flexibility index (Phi) is 6.53. The Hall–Kier alpha value is -2.29. The Morgan fingerprint density at radius 3 is 2.86 bits per heavy atom. The lowest BCUT2D eigenvalue weighted by molar-refractivity contribution is -0.119. The first-order chi connectivity index (χ1) is 14.2. The van der Waals surface area contributed by atoms with Gasteiger partial charge in [-0.05, 0) is 49.2 Å². The molecule has 0 saturated carbocycles. The topological polar surface area (TPSA) is 82.2 Å². The molecule has 1 atom stereocenters. The molecule has 1 aliphatic rings. The normalized spacial score (nSPS) is 16.2. The van der Waals surface area contributed by atoms with Gasteiger partial charge in [0.15, 0.2) is 11.0 Å². The standard InChI is InChI=1S/C20H21ClN4O3S/c21-15-7-5-14(6-8-15)19-23-24-20(25(19)12-17-4-2-10-28-17)29-13-18(26)22-11-16-3-1-9-27-16/h2,4-8,10,16H,1,3,9,11-13H2,(H,22,26)/t16-/m0/s1. The van der Waals surface area contributed by atoms with Crippen molar-refractivity contribution in [2.75, 3.05) is 18.9 Å². The van der Waals surface area contributed by atoms with E-state index in [-0.39, 0.29) is 17.8 Å². The van der Waals surface area contributed by atoms with E-state index in [2.05, 4.69) is 15.5 Å². The monoisotopic (exact) mass is 432 g/mol. The van der Waals surface area contributed by atoms with Crippen molar-refractivity contribution in [3.63, 3.8) is 0 Å². The molecule has 0 aliphatic carbocycles. The van der Waals surface area contributed by atoms with Crippen LogP contribution in [0.3, 0.4) is 0 Å². The molecule has 152 valence electrons. The summed E-state index contributed by atoms with van der Waals surface area (Å²) in [6, 6.07) is 11.2. The van der Waals surface area contributed by atoms with E-state index >= 15 is 0 Å². The van der Waals surface area contributed by atoms with Gasteiger partial charge in [-0.3, -0.25) is 9.36 Å². The molecule has 3 heterocycles. The fourth-order valence-electron chi connectivity index (χ4n) is 3.12. The van der Waals surface area contributed by atoms with Gasteiger partial charge in [-0.1, -0.05) is 23.4 Å². The molecule has 9 heteroatoms. The van der Waals surface area contributed by atoms with E-state index in [9.17, 15) is 4.79 Å². The molecule has 0 spiro atoms. The van der Waals surface area contributed by atoms with Gasteiger partial charge in [0.1, 0.15) is 5.76 Å². The minimum atomic E-state index is -0.0499. The zero-order valence-electron chi connectivity index (χ0n) is 15.7. The van der Waals surface area contributed by atoms with Gasteiger partial charge >= 0.3 is 0 Å². The van der Waals surface area contributed by atoms with Crippen LogP contribution >= 0.6 is 23.4 Å². The number of carbonyl (C=O) groups excluding carboxylic acids is 1. The summed E-state index contributed by atoms with van der Waals surface area (Å²) in [6.45, 7) is 1.80. The maximum Gasteiger partial charge on any atom is 0.230 e. The van der Waals surface area contributed by atoms with Gasteiger partial charge < -0.3 is 14.5 Å². The number of furan rings is 1. The number of carbonyl (C=O) groups is 1. The van der Waals surface area contributed by atoms with E-state index in [4.69, 9.17) is 20.8 Å². The summed E-state index contributed by atoms with van der Waals surface area (Å²) in [5.74, 6) is 1.68. The number of rotatable bonds is 8. The largest absolute Gasteiger partial charge is 0.467 e. The highest BCUT2D eigenvalue weighted by Crippen LogP contribution is 2.26. The number of benzene rings is 1. The number of halogens is 1. The van der Waals surface area contributed by atoms with E-state index in [1.807, 2.05) is 41.0 Å². The quantitative estimate of drug-likeness (QED) is 0.547. The fourth-order valence-corrected chi connectivity index (χ4v) is 4.02. The third kappa shape index (κ3) is 5.20. The van der Waals surface area contributed by atoms with Crippen molar-refractivity contribution in [2.24, 2.45) is 0 Å². The van der Waals surface area contributed by atoms with Crippen LogP contribution in [0.1, 0.15) is 18.6 Å². The lowest BCUT2D eigenvalue weighted by atomic mass is 10.2. The van der Waals surface area contributed by atoms with E-state index < -0.39 is 0 Å². The molecule has 1 aromatic carbocycles. The summed E-state index contributed by atoms with van der Waals surface area (Å²) in [4.78, 5) is 12.2. The van der Waals surface area contributed by atoms with Crippen LogP contribution in [0.5, 0.6) is 0 Å². The first-order valence-corrected chi connectivity index (χ1v) is 10.8. The highest BCUT2D eigenvalue weighted by atomic mass is 35.5. The van der Waals surface area contributed by atoms with E-state index in [1.54, 1.807) is 6.26 Å². The van der Waals surface area contributed by atoms with Crippen LogP contribution in [0.4, 0.5) is 0 Å². The molecule has 0 radical (unpaired) electrons. The third-order valence-electron chi connectivity index (χ3n) is 4.60. The van der Waals surface area contributed by atoms with Crippen LogP contribution in [-0.2, 0) is 16.1 Å². The van der Waals surface area contributed by atoms with Gasteiger partial charge in [0.05, 0.1) is 24.7 Å². The summed E-state index contributed by atoms with van der Waals surface area (Å²) in [5.41, 5.74) is 0.892. The van der Waals surface area contributed by atoms with Gasteiger partial charge in [-0.25, -0.2) is 0 Å². The number of aromatic nitrogens is 3. The van der Waals surface area contributed by atoms with E-state index in [1.165, 1.54) is 11.8 Å². The Morgan fingerprint density at radius 1 is 1.28 bits per heavy atom. The highest BCUT2D eigenvalue weighted by Gasteiger charge is 2.19. The van der Waals surface area contributed by atoms with Gasteiger partial charge in [-0.2, -0.15) is 0 Å². The van der Waals surface area contributed by atoms with Crippen LogP contribution < -0.4 is 5.32 Å². The molecule has 3 aromatic rings. The number of hydrogen-bond acceptors (Lipinski definition) is 6. The minimum absolute atomic E-state index is 0.0499. The highest BCUT2D eigenvalue weighted by molar-refractivity contribution is 7.99. The smallest absolute Gasteiger partial charge is 0.230 e. The Labute approximate surface area is 177 Å². The van der Waals surface area contributed by atoms with Crippen LogP contribution in [0, 0.1) is 0 Å². The molecular weight excluding hydrogens is 412 g/mol. The molecule has 0 unspecified atom stereocenters. The molecule has 0 bridgehead atoms. The number of hydrogen-bond donors (Lipinski definition) is 1. The zero-order chi connectivity index (χ0) is 20.1. The Balaban J connectivity index is 1.46. The van der Waals surface area contributed by atoms with Crippen molar-refractivity contribution >= 4 is 29.3 Å². The van der Waals surface area contributed by atoms with Crippen LogP contribution in [-0.4, -0.2) is 45.7 Å². The zero-order valence-corrected chi connectivity index (χ0v) is 17.3. The molecule has 29 heavy (non-hydrogen) atoms. The maximum absolute atomic E-state index is 12.2. The lowest BCUT2D eigenvalue weighted by Crippen LogP contribution is -2.32. The fraction of sp³-hybridized carbons (Fsp3) is 0.350. The SMILES string of the molecule is O=C(CSc1nnc(-c2ccc(Cl)cc2)n1Cc1ccco1)NC[C@@H]1CCCO1. The predicted octanol–water partition coefficient (Wildman–Crippen LogP) is 3.63. The maximum atomic E-state index is 12.2. The molecule has 1 saturated heterocycles. The summed E-state index contributed by atoms with van der Waals surface area (Å²) >= 11 is 7.35. The van der Waals surface area contributed by atoms with Gasteiger partial charge in [0, 0.05) is 23.7 Å². The van der Waals surface area contributed by atoms with Gasteiger partial charge in [0.25, 0.3) is 0 Å². The molecule has 1 N–H and O–H groups in total. The van der Waals surface area contributed by atoms with Crippen molar-refractivity contribution in [1.82, 2.24) is 20.1 Å². The van der Waals surface area contributed by atoms with Gasteiger partial charge in [-0.15, -0.1) is 10.2 Å². The molecule has 1 aliphatic heterocycles. The third-order valence-corrected chi connectivity index (χ3v) is 5.82. The lowest BCUT2D eigenvalue weighted by Gasteiger charge is -2.11. The molecule has 1 amide bonds. The van der Waals surface area contributed by atoms with Crippen LogP contribution in [0.15, 0.2) is 52.2 Å². The second kappa shape index (κ2) is 9.47. The van der Waals surface area contributed by atoms with Crippen molar-refractivity contribution < 1.29 is 13.9 Å². The van der Waals surface area contributed by atoms with Crippen molar-refractivity contribution in [3.8, 4) is 11.4 Å².